The summed E-state index contributed by atoms with van der Waals surface area (Å²) in [5.41, 5.74) is 2.64. The number of imide groups is 3. The molecular formula is C58H41Cl3FN3O15S3. The quantitative estimate of drug-likeness (QED) is 0.0741. The number of carbonyl (C=O) groups is 9. The molecule has 3 aliphatic rings. The summed E-state index contributed by atoms with van der Waals surface area (Å²) in [5.74, 6) is -1.68. The third-order valence-corrected chi connectivity index (χ3v) is 15.1. The van der Waals surface area contributed by atoms with Gasteiger partial charge in [-0.05, 0) is 140 Å². The predicted molar refractivity (Wildman–Crippen MR) is 311 cm³/mol. The number of carboxylic acids is 1. The molecule has 10 rings (SSSR count). The largest absolute Gasteiger partial charge is 0.478 e. The van der Waals surface area contributed by atoms with Gasteiger partial charge in [-0.15, -0.1) is 0 Å². The van der Waals surface area contributed by atoms with Crippen molar-refractivity contribution >= 4 is 140 Å². The maximum atomic E-state index is 13.1. The van der Waals surface area contributed by atoms with Crippen LogP contribution in [0.3, 0.4) is 0 Å². The molecule has 1 N–H and O–H groups in total. The molecule has 0 radical (unpaired) electrons. The zero-order valence-corrected chi connectivity index (χ0v) is 47.9. The van der Waals surface area contributed by atoms with Gasteiger partial charge in [0.25, 0.3) is 33.4 Å². The van der Waals surface area contributed by atoms with Crippen LogP contribution in [0, 0.1) is 5.82 Å². The maximum absolute atomic E-state index is 13.1. The van der Waals surface area contributed by atoms with E-state index >= 15 is 0 Å². The van der Waals surface area contributed by atoms with Gasteiger partial charge in [0.1, 0.15) is 53.5 Å². The number of hydrogen-bond acceptors (Lipinski definition) is 17. The minimum Gasteiger partial charge on any atom is -0.478 e. The molecule has 0 unspecified atom stereocenters. The van der Waals surface area contributed by atoms with Gasteiger partial charge in [-0.3, -0.25) is 53.1 Å². The van der Waals surface area contributed by atoms with Gasteiger partial charge in [0.2, 0.25) is 0 Å². The monoisotopic (exact) mass is 1240 g/mol. The Morgan fingerprint density at radius 3 is 1.51 bits per heavy atom. The first-order valence-corrected chi connectivity index (χ1v) is 28.0. The fourth-order valence-corrected chi connectivity index (χ4v) is 10.8. The lowest BCUT2D eigenvalue weighted by molar-refractivity contribution is -0.146. The number of carbonyl (C=O) groups excluding carboxylic acids is 8. The fraction of sp³-hybridized carbons (Fsp3) is 0.121. The van der Waals surface area contributed by atoms with Crippen molar-refractivity contribution in [1.29, 1.82) is 0 Å². The highest BCUT2D eigenvalue weighted by Crippen LogP contribution is 2.38. The number of furan rings is 3. The van der Waals surface area contributed by atoms with E-state index < -0.39 is 63.7 Å². The number of nitrogens with zero attached hydrogens (tertiary/aromatic N) is 3. The van der Waals surface area contributed by atoms with Crippen molar-refractivity contribution in [3.8, 4) is 34.0 Å². The lowest BCUT2D eigenvalue weighted by atomic mass is 10.1. The number of ether oxygens (including phenoxy) is 2. The molecule has 3 saturated heterocycles. The Bertz CT molecular complexity index is 3800. The minimum atomic E-state index is -1.16. The number of carboxylic acid groups (broad SMARTS) is 1. The second-order valence-electron chi connectivity index (χ2n) is 17.1. The van der Waals surface area contributed by atoms with Gasteiger partial charge < -0.3 is 27.8 Å². The summed E-state index contributed by atoms with van der Waals surface area (Å²) in [5, 5.41) is 8.78. The molecule has 6 heterocycles. The average Bonchev–Trinajstić information content (AvgIpc) is 4.53. The Balaban J connectivity index is 0.000000164. The first-order valence-electron chi connectivity index (χ1n) is 24.4. The highest BCUT2D eigenvalue weighted by atomic mass is 35.5. The van der Waals surface area contributed by atoms with E-state index in [0.29, 0.717) is 61.3 Å². The van der Waals surface area contributed by atoms with Crippen molar-refractivity contribution in [2.75, 3.05) is 26.3 Å². The van der Waals surface area contributed by atoms with Crippen LogP contribution in [-0.4, -0.2) is 97.5 Å². The molecule has 3 fully saturated rings. The fourth-order valence-electron chi connectivity index (χ4n) is 7.62. The van der Waals surface area contributed by atoms with Gasteiger partial charge >= 0.3 is 17.9 Å². The van der Waals surface area contributed by atoms with Crippen LogP contribution in [0.4, 0.5) is 18.8 Å². The number of rotatable bonds is 15. The number of thioether (sulfide) groups is 3. The van der Waals surface area contributed by atoms with E-state index in [1.54, 1.807) is 74.5 Å². The smallest absolute Gasteiger partial charge is 0.337 e. The van der Waals surface area contributed by atoms with Gasteiger partial charge in [-0.1, -0.05) is 77.3 Å². The maximum Gasteiger partial charge on any atom is 0.337 e. The summed E-state index contributed by atoms with van der Waals surface area (Å²) in [4.78, 5) is 111. The zero-order chi connectivity index (χ0) is 59.5. The third kappa shape index (κ3) is 15.4. The van der Waals surface area contributed by atoms with Crippen LogP contribution in [-0.2, 0) is 40.0 Å². The number of aromatic carboxylic acids is 1. The molecule has 7 aromatic rings. The second kappa shape index (κ2) is 27.6. The summed E-state index contributed by atoms with van der Waals surface area (Å²) in [6, 6.07) is 34.7. The van der Waals surface area contributed by atoms with Gasteiger partial charge in [-0.25, -0.2) is 9.18 Å². The van der Waals surface area contributed by atoms with Crippen molar-refractivity contribution in [2.24, 2.45) is 0 Å². The molecule has 0 bridgehead atoms. The van der Waals surface area contributed by atoms with E-state index in [-0.39, 0.29) is 51.6 Å². The first-order chi connectivity index (χ1) is 39.8. The van der Waals surface area contributed by atoms with Crippen molar-refractivity contribution in [3.63, 3.8) is 0 Å². The topological polar surface area (TPSA) is 241 Å². The summed E-state index contributed by atoms with van der Waals surface area (Å²) in [6.07, 6.45) is 4.40. The third-order valence-electron chi connectivity index (χ3n) is 11.5. The van der Waals surface area contributed by atoms with E-state index in [0.717, 1.165) is 55.5 Å². The normalized spacial score (nSPS) is 15.5. The van der Waals surface area contributed by atoms with Crippen molar-refractivity contribution in [1.82, 2.24) is 14.7 Å². The average molecular weight is 1240 g/mol. The molecule has 25 heteroatoms. The molecule has 83 heavy (non-hydrogen) atoms. The molecule has 6 amide bonds. The number of esters is 2. The van der Waals surface area contributed by atoms with Crippen molar-refractivity contribution < 1.29 is 75.4 Å². The summed E-state index contributed by atoms with van der Waals surface area (Å²) < 4.78 is 39.7. The van der Waals surface area contributed by atoms with Crippen LogP contribution in [0.15, 0.2) is 155 Å². The molecule has 0 spiro atoms. The van der Waals surface area contributed by atoms with Crippen LogP contribution >= 0.6 is 70.1 Å². The Kier molecular flexibility index (Phi) is 20.2. The van der Waals surface area contributed by atoms with Crippen LogP contribution in [0.2, 0.25) is 15.1 Å². The predicted octanol–water partition coefficient (Wildman–Crippen LogP) is 14.1. The molecule has 0 atom stereocenters. The number of hydrogen-bond donors (Lipinski definition) is 1. The zero-order valence-electron chi connectivity index (χ0n) is 43.1. The number of benzene rings is 4. The molecule has 3 aromatic heterocycles. The van der Waals surface area contributed by atoms with Gasteiger partial charge in [0.05, 0.1) is 50.1 Å². The Labute approximate surface area is 498 Å². The van der Waals surface area contributed by atoms with E-state index in [4.69, 9.17) is 57.5 Å². The van der Waals surface area contributed by atoms with Crippen LogP contribution in [0.25, 0.3) is 52.2 Å². The first kappa shape index (κ1) is 60.7. The molecule has 18 nitrogen and oxygen atoms in total. The lowest BCUT2D eigenvalue weighted by Gasteiger charge is -2.12. The van der Waals surface area contributed by atoms with E-state index in [1.807, 2.05) is 30.3 Å². The molecule has 0 aliphatic carbocycles. The molecule has 424 valence electrons. The summed E-state index contributed by atoms with van der Waals surface area (Å²) in [7, 11) is 0. The molecule has 3 aliphatic heterocycles. The van der Waals surface area contributed by atoms with Crippen molar-refractivity contribution in [3.05, 3.63) is 191 Å². The molecule has 0 saturated carbocycles. The van der Waals surface area contributed by atoms with Crippen LogP contribution < -0.4 is 0 Å². The Morgan fingerprint density at radius 1 is 0.542 bits per heavy atom. The number of amides is 6. The highest BCUT2D eigenvalue weighted by molar-refractivity contribution is 8.19. The standard InChI is InChI=1S/C22H13ClFNO5S.C18H13Cl2NO5S.C18H15NO5S/c23-17-7-3-13(9-16(17)21(27)28)18-8-6-15(30-18)10-19-20(26)25(22(29)31-19)11-12-1-4-14(24)5-2-12;1-2-25-16(22)9-21-17(23)15(27-18(21)24)8-11-4-6-14(26-11)12-5-3-10(19)7-13(12)20;1-2-23-16(20)11-19-17(21)15(25-18(19)22)10-13-8-9-14(24-13)12-6-4-3-5-7-12/h1-10H,11H2,(H,27,28);3-8H,2,9H2,1H3;3-10H,2,11H2,1H3/b19-10-;15-8-;15-10-. The Hall–Kier alpha value is -8.38. The van der Waals surface area contributed by atoms with Gasteiger partial charge in [0, 0.05) is 39.9 Å². The van der Waals surface area contributed by atoms with E-state index in [2.05, 4.69) is 0 Å². The van der Waals surface area contributed by atoms with E-state index in [9.17, 15) is 52.6 Å². The number of halogens is 4. The van der Waals surface area contributed by atoms with E-state index in [1.165, 1.54) is 54.6 Å². The minimum absolute atomic E-state index is 0.0361. The highest BCUT2D eigenvalue weighted by Gasteiger charge is 2.39. The van der Waals surface area contributed by atoms with Gasteiger partial charge in [-0.2, -0.15) is 0 Å². The lowest BCUT2D eigenvalue weighted by Crippen LogP contribution is -2.34. The van der Waals surface area contributed by atoms with Crippen LogP contribution in [0.1, 0.15) is 47.0 Å². The summed E-state index contributed by atoms with van der Waals surface area (Å²) >= 11 is 20.2. The van der Waals surface area contributed by atoms with Crippen molar-refractivity contribution in [2.45, 2.75) is 20.4 Å². The van der Waals surface area contributed by atoms with Crippen LogP contribution in [0.5, 0.6) is 0 Å². The Morgan fingerprint density at radius 2 is 1.01 bits per heavy atom. The molecule has 4 aromatic carbocycles. The van der Waals surface area contributed by atoms with Gasteiger partial charge in [0.15, 0.2) is 0 Å². The molecular weight excluding hydrogens is 1200 g/mol. The summed E-state index contributed by atoms with van der Waals surface area (Å²) in [6.45, 7) is 2.91. The second-order valence-corrected chi connectivity index (χ2v) is 21.4. The SMILES string of the molecule is CCOC(=O)CN1C(=O)S/C(=C\c2ccc(-c3ccc(Cl)cc3Cl)o2)C1=O.CCOC(=O)CN1C(=O)S/C(=C\c2ccc(-c3ccccc3)o2)C1=O.O=C(O)c1cc(-c2ccc(/C=C3\SC(=O)N(Cc4ccc(F)cc4)C3=O)o2)ccc1Cl.